The van der Waals surface area contributed by atoms with Crippen LogP contribution in [0.4, 0.5) is 0 Å². The lowest BCUT2D eigenvalue weighted by Crippen LogP contribution is -2.05. The molecule has 0 aliphatic carbocycles. The zero-order chi connectivity index (χ0) is 25.6. The first-order chi connectivity index (χ1) is 18.1. The third-order valence-electron chi connectivity index (χ3n) is 5.77. The standard InChI is InChI=1S/C31H24INO4/c1-2-35-29-19-21(12-17-28(29)36-20-25-10-6-7-11-26(25)32)18-27-31(34)37-30(33-27)24-15-13-23(14-16-24)22-8-4-3-5-9-22/h3-19H,2,20H2,1H3/b27-18-. The van der Waals surface area contributed by atoms with Gasteiger partial charge in [0.2, 0.25) is 5.90 Å². The van der Waals surface area contributed by atoms with Crippen molar-refractivity contribution in [3.8, 4) is 22.6 Å². The molecule has 1 aliphatic rings. The number of esters is 1. The summed E-state index contributed by atoms with van der Waals surface area (Å²) in [7, 11) is 0. The van der Waals surface area contributed by atoms with E-state index in [0.717, 1.165) is 31.4 Å². The molecule has 0 amide bonds. The van der Waals surface area contributed by atoms with Crippen molar-refractivity contribution in [2.75, 3.05) is 6.61 Å². The normalized spacial score (nSPS) is 13.8. The number of carbonyl (C=O) groups is 1. The van der Waals surface area contributed by atoms with Gasteiger partial charge in [-0.05, 0) is 82.6 Å². The fraction of sp³-hybridized carbons (Fsp3) is 0.0968. The molecule has 0 aromatic heterocycles. The molecule has 184 valence electrons. The van der Waals surface area contributed by atoms with Crippen molar-refractivity contribution in [3.63, 3.8) is 0 Å². The first-order valence-corrected chi connectivity index (χ1v) is 13.0. The van der Waals surface area contributed by atoms with E-state index in [0.29, 0.717) is 30.6 Å². The smallest absolute Gasteiger partial charge is 0.363 e. The Balaban J connectivity index is 1.35. The Morgan fingerprint density at radius 2 is 1.51 bits per heavy atom. The third-order valence-corrected chi connectivity index (χ3v) is 6.82. The van der Waals surface area contributed by atoms with Gasteiger partial charge in [0.15, 0.2) is 17.2 Å². The molecular weight excluding hydrogens is 577 g/mol. The van der Waals surface area contributed by atoms with E-state index in [1.807, 2.05) is 91.9 Å². The number of carbonyl (C=O) groups excluding carboxylic acids is 1. The Hall–Kier alpha value is -3.91. The minimum Gasteiger partial charge on any atom is -0.490 e. The summed E-state index contributed by atoms with van der Waals surface area (Å²) in [6.07, 6.45) is 1.69. The summed E-state index contributed by atoms with van der Waals surface area (Å²) < 4.78 is 18.5. The predicted octanol–water partition coefficient (Wildman–Crippen LogP) is 7.28. The van der Waals surface area contributed by atoms with Crippen LogP contribution in [0.2, 0.25) is 0 Å². The zero-order valence-corrected chi connectivity index (χ0v) is 22.3. The summed E-state index contributed by atoms with van der Waals surface area (Å²) >= 11 is 2.30. The van der Waals surface area contributed by atoms with Crippen LogP contribution >= 0.6 is 22.6 Å². The molecule has 0 bridgehead atoms. The number of hydrogen-bond donors (Lipinski definition) is 0. The first kappa shape index (κ1) is 24.8. The van der Waals surface area contributed by atoms with Crippen LogP contribution in [0, 0.1) is 3.57 Å². The van der Waals surface area contributed by atoms with Crippen LogP contribution < -0.4 is 9.47 Å². The van der Waals surface area contributed by atoms with E-state index in [2.05, 4.69) is 39.7 Å². The quantitative estimate of drug-likeness (QED) is 0.121. The molecular formula is C31H24INO4. The minimum atomic E-state index is -0.487. The highest BCUT2D eigenvalue weighted by atomic mass is 127. The van der Waals surface area contributed by atoms with Crippen LogP contribution in [-0.2, 0) is 16.1 Å². The molecule has 1 aliphatic heterocycles. The highest BCUT2D eigenvalue weighted by molar-refractivity contribution is 14.1. The number of benzene rings is 4. The monoisotopic (exact) mass is 601 g/mol. The Labute approximate surface area is 229 Å². The fourth-order valence-corrected chi connectivity index (χ4v) is 4.44. The molecule has 6 heteroatoms. The second-order valence-corrected chi connectivity index (χ2v) is 9.46. The molecule has 1 heterocycles. The number of hydrogen-bond acceptors (Lipinski definition) is 5. The summed E-state index contributed by atoms with van der Waals surface area (Å²) in [6, 6.07) is 31.5. The number of aliphatic imine (C=N–C) groups is 1. The average Bonchev–Trinajstić information content (AvgIpc) is 3.29. The highest BCUT2D eigenvalue weighted by Gasteiger charge is 2.24. The van der Waals surface area contributed by atoms with E-state index in [4.69, 9.17) is 14.2 Å². The van der Waals surface area contributed by atoms with Gasteiger partial charge in [-0.1, -0.05) is 66.7 Å². The fourth-order valence-electron chi connectivity index (χ4n) is 3.90. The maximum atomic E-state index is 12.6. The summed E-state index contributed by atoms with van der Waals surface area (Å²) in [6.45, 7) is 2.84. The molecule has 0 unspecified atom stereocenters. The van der Waals surface area contributed by atoms with Crippen molar-refractivity contribution in [2.45, 2.75) is 13.5 Å². The van der Waals surface area contributed by atoms with Gasteiger partial charge in [-0.25, -0.2) is 9.79 Å². The van der Waals surface area contributed by atoms with Crippen molar-refractivity contribution in [2.24, 2.45) is 4.99 Å². The number of halogens is 1. The van der Waals surface area contributed by atoms with Crippen LogP contribution in [0.5, 0.6) is 11.5 Å². The Morgan fingerprint density at radius 1 is 0.811 bits per heavy atom. The summed E-state index contributed by atoms with van der Waals surface area (Å²) in [5.41, 5.74) is 5.04. The van der Waals surface area contributed by atoms with Gasteiger partial charge in [0.05, 0.1) is 6.61 Å². The Bertz CT molecular complexity index is 1480. The highest BCUT2D eigenvalue weighted by Crippen LogP contribution is 2.31. The van der Waals surface area contributed by atoms with Crippen LogP contribution in [-0.4, -0.2) is 18.5 Å². The summed E-state index contributed by atoms with van der Waals surface area (Å²) in [5.74, 6) is 1.05. The Kier molecular flexibility index (Phi) is 7.65. The molecule has 0 saturated heterocycles. The molecule has 0 spiro atoms. The van der Waals surface area contributed by atoms with Crippen LogP contribution in [0.15, 0.2) is 108 Å². The van der Waals surface area contributed by atoms with Crippen molar-refractivity contribution in [3.05, 3.63) is 123 Å². The number of rotatable bonds is 8. The predicted molar refractivity (Wildman–Crippen MR) is 154 cm³/mol. The zero-order valence-electron chi connectivity index (χ0n) is 20.2. The van der Waals surface area contributed by atoms with Crippen LogP contribution in [0.1, 0.15) is 23.6 Å². The van der Waals surface area contributed by atoms with E-state index in [-0.39, 0.29) is 5.70 Å². The van der Waals surface area contributed by atoms with Crippen LogP contribution in [0.25, 0.3) is 17.2 Å². The van der Waals surface area contributed by atoms with Gasteiger partial charge < -0.3 is 14.2 Å². The first-order valence-electron chi connectivity index (χ1n) is 11.9. The van der Waals surface area contributed by atoms with E-state index < -0.39 is 5.97 Å². The SMILES string of the molecule is CCOc1cc(/C=C2\N=C(c3ccc(-c4ccccc4)cc3)OC2=O)ccc1OCc1ccccc1I. The summed E-state index contributed by atoms with van der Waals surface area (Å²) in [5, 5.41) is 0. The molecule has 4 aromatic rings. The molecule has 37 heavy (non-hydrogen) atoms. The van der Waals surface area contributed by atoms with Crippen molar-refractivity contribution in [1.82, 2.24) is 0 Å². The minimum absolute atomic E-state index is 0.233. The molecule has 0 saturated carbocycles. The molecule has 0 radical (unpaired) electrons. The van der Waals surface area contributed by atoms with E-state index in [9.17, 15) is 4.79 Å². The van der Waals surface area contributed by atoms with Crippen molar-refractivity contribution in [1.29, 1.82) is 0 Å². The van der Waals surface area contributed by atoms with Gasteiger partial charge in [-0.2, -0.15) is 0 Å². The van der Waals surface area contributed by atoms with E-state index in [1.165, 1.54) is 0 Å². The lowest BCUT2D eigenvalue weighted by atomic mass is 10.0. The third kappa shape index (κ3) is 5.91. The molecule has 0 atom stereocenters. The summed E-state index contributed by atoms with van der Waals surface area (Å²) in [4.78, 5) is 17.0. The second-order valence-electron chi connectivity index (χ2n) is 8.30. The number of cyclic esters (lactones) is 1. The van der Waals surface area contributed by atoms with Gasteiger partial charge in [-0.3, -0.25) is 0 Å². The van der Waals surface area contributed by atoms with Crippen molar-refractivity contribution < 1.29 is 19.0 Å². The average molecular weight is 601 g/mol. The number of nitrogens with zero attached hydrogens (tertiary/aromatic N) is 1. The van der Waals surface area contributed by atoms with Gasteiger partial charge in [0.25, 0.3) is 0 Å². The van der Waals surface area contributed by atoms with E-state index in [1.54, 1.807) is 6.08 Å². The molecule has 5 rings (SSSR count). The van der Waals surface area contributed by atoms with Crippen molar-refractivity contribution >= 4 is 40.5 Å². The lowest BCUT2D eigenvalue weighted by Gasteiger charge is -2.13. The molecule has 4 aromatic carbocycles. The largest absolute Gasteiger partial charge is 0.490 e. The lowest BCUT2D eigenvalue weighted by molar-refractivity contribution is -0.129. The van der Waals surface area contributed by atoms with Gasteiger partial charge in [0.1, 0.15) is 6.61 Å². The van der Waals surface area contributed by atoms with Crippen LogP contribution in [0.3, 0.4) is 0 Å². The maximum absolute atomic E-state index is 12.6. The Morgan fingerprint density at radius 3 is 2.27 bits per heavy atom. The molecule has 0 N–H and O–H groups in total. The van der Waals surface area contributed by atoms with Gasteiger partial charge >= 0.3 is 5.97 Å². The number of ether oxygens (including phenoxy) is 3. The van der Waals surface area contributed by atoms with E-state index >= 15 is 0 Å². The molecule has 5 nitrogen and oxygen atoms in total. The van der Waals surface area contributed by atoms with Gasteiger partial charge in [-0.15, -0.1) is 0 Å². The maximum Gasteiger partial charge on any atom is 0.363 e. The topological polar surface area (TPSA) is 57.1 Å². The van der Waals surface area contributed by atoms with Gasteiger partial charge in [0, 0.05) is 14.7 Å². The molecule has 0 fully saturated rings. The second kappa shape index (κ2) is 11.4.